The molecule has 1 aliphatic carbocycles. The van der Waals surface area contributed by atoms with E-state index in [-0.39, 0.29) is 42.1 Å². The van der Waals surface area contributed by atoms with Gasteiger partial charge >= 0.3 is 18.2 Å². The molecule has 15 heteroatoms. The van der Waals surface area contributed by atoms with Crippen LogP contribution in [0.15, 0.2) is 102 Å². The van der Waals surface area contributed by atoms with Crippen molar-refractivity contribution in [2.24, 2.45) is 11.8 Å². The maximum Gasteiger partial charge on any atom is 0.417 e. The van der Waals surface area contributed by atoms with E-state index in [0.717, 1.165) is 43.8 Å². The highest BCUT2D eigenvalue weighted by Crippen LogP contribution is 2.62. The molecule has 3 saturated heterocycles. The van der Waals surface area contributed by atoms with Crippen LogP contribution in [-0.4, -0.2) is 77.1 Å². The number of nitrogens with zero attached hydrogens (tertiary/aromatic N) is 1. The molecule has 1 amide bonds. The number of alkyl carbamates (subject to hydrolysis) is 1. The number of halogens is 3. The van der Waals surface area contributed by atoms with Crippen molar-refractivity contribution >= 4 is 23.0 Å². The molecule has 4 fully saturated rings. The van der Waals surface area contributed by atoms with Crippen LogP contribution in [0.2, 0.25) is 0 Å². The lowest BCUT2D eigenvalue weighted by molar-refractivity contribution is -0.138. The molecule has 4 aliphatic rings. The van der Waals surface area contributed by atoms with E-state index in [4.69, 9.17) is 14.2 Å². The normalized spacial score (nSPS) is 21.2. The van der Waals surface area contributed by atoms with Crippen LogP contribution in [-0.2, 0) is 22.3 Å². The molecule has 3 aliphatic heterocycles. The van der Waals surface area contributed by atoms with Gasteiger partial charge in [-0.25, -0.2) is 9.59 Å². The molecule has 3 unspecified atom stereocenters. The van der Waals surface area contributed by atoms with Crippen molar-refractivity contribution in [2.45, 2.75) is 49.8 Å². The number of unbranched alkanes of at least 4 members (excludes halogenated alkanes) is 1. The Balaban J connectivity index is 0.836. The fraction of sp³-hybridized carbons (Fsp3) is 0.356. The zero-order valence-electron chi connectivity index (χ0n) is 32.5. The summed E-state index contributed by atoms with van der Waals surface area (Å²) in [6.45, 7) is 2.98. The quantitative estimate of drug-likeness (QED) is 0.0541. The molecule has 9 rings (SSSR count). The molecular weight excluding hydrogens is 782 g/mol. The Kier molecular flexibility index (Phi) is 11.6. The number of rotatable bonds is 16. The molecule has 5 aromatic rings. The number of aromatic nitrogens is 1. The molecule has 6 atom stereocenters. The Morgan fingerprint density at radius 1 is 0.950 bits per heavy atom. The van der Waals surface area contributed by atoms with Crippen LogP contribution >= 0.6 is 0 Å². The van der Waals surface area contributed by atoms with Crippen molar-refractivity contribution in [1.29, 1.82) is 0 Å². The van der Waals surface area contributed by atoms with E-state index in [0.29, 0.717) is 53.5 Å². The van der Waals surface area contributed by atoms with Gasteiger partial charge < -0.3 is 40.0 Å². The first kappa shape index (κ1) is 40.9. The number of esters is 1. The molecule has 314 valence electrons. The number of phenols is 1. The van der Waals surface area contributed by atoms with Gasteiger partial charge in [0.05, 0.1) is 35.4 Å². The zero-order chi connectivity index (χ0) is 42.0. The molecule has 4 heterocycles. The van der Waals surface area contributed by atoms with Gasteiger partial charge in [0.1, 0.15) is 23.7 Å². The number of aliphatic hydroxyl groups is 1. The van der Waals surface area contributed by atoms with Crippen LogP contribution in [0.3, 0.4) is 0 Å². The summed E-state index contributed by atoms with van der Waals surface area (Å²) in [5.74, 6) is -0.0575. The summed E-state index contributed by atoms with van der Waals surface area (Å²) in [6, 6.07) is 25.0. The number of nitrogens with one attached hydrogen (secondary N) is 3. The number of benzene rings is 4. The number of carbonyl (C=O) groups excluding carboxylic acids is 2. The summed E-state index contributed by atoms with van der Waals surface area (Å²) in [5.41, 5.74) is -0.120. The molecule has 1 aromatic heterocycles. The number of aliphatic hydroxyl groups excluding tert-OH is 1. The molecule has 4 bridgehead atoms. The summed E-state index contributed by atoms with van der Waals surface area (Å²) < 4.78 is 60.0. The highest BCUT2D eigenvalue weighted by atomic mass is 19.4. The average molecular weight is 827 g/mol. The molecule has 0 radical (unpaired) electrons. The highest BCUT2D eigenvalue weighted by molar-refractivity contribution is 5.91. The number of alkyl halides is 3. The zero-order valence-corrected chi connectivity index (χ0v) is 32.5. The number of hydrogen-bond donors (Lipinski definition) is 5. The lowest BCUT2D eigenvalue weighted by Gasteiger charge is -2.29. The van der Waals surface area contributed by atoms with Gasteiger partial charge in [-0.05, 0) is 91.0 Å². The van der Waals surface area contributed by atoms with Crippen molar-refractivity contribution in [3.63, 3.8) is 0 Å². The van der Waals surface area contributed by atoms with E-state index in [9.17, 15) is 37.8 Å². The minimum Gasteiger partial charge on any atom is -0.506 e. The van der Waals surface area contributed by atoms with Gasteiger partial charge in [0.2, 0.25) is 5.56 Å². The van der Waals surface area contributed by atoms with Crippen LogP contribution in [0.5, 0.6) is 11.5 Å². The minimum atomic E-state index is -4.84. The number of carbonyl (C=O) groups is 2. The summed E-state index contributed by atoms with van der Waals surface area (Å²) in [7, 11) is 0. The first-order chi connectivity index (χ1) is 28.9. The summed E-state index contributed by atoms with van der Waals surface area (Å²) in [6.07, 6.45) is -4.42. The number of aromatic hydroxyl groups is 1. The molecule has 4 aromatic carbocycles. The van der Waals surface area contributed by atoms with Crippen molar-refractivity contribution in [1.82, 2.24) is 20.5 Å². The lowest BCUT2D eigenvalue weighted by atomic mass is 9.98. The standard InChI is InChI=1S/C45H45F3N4O8/c46-45(47,48)35-21-27(11-12-33(35)42(56)58-20-5-4-18-49-23-38(54)31-13-15-37(53)41-32(31)14-16-39(55)50-41)25-59-30-10-6-9-29(22-30)40(28-7-2-1-3-8-28)51-43(57)60-44-26-52-19-17-34(44)36(44)24-52/h1-3,6-16,21-22,34,36,38,40,49,53-54H,4-5,17-20,23-26H2,(H,50,55)(H,51,57)/t34?,36?,38-,40-,44+/m0/s1. The molecule has 60 heavy (non-hydrogen) atoms. The third-order valence-electron chi connectivity index (χ3n) is 11.8. The second-order valence-corrected chi connectivity index (χ2v) is 15.7. The van der Waals surface area contributed by atoms with E-state index < -0.39 is 47.1 Å². The predicted octanol–water partition coefficient (Wildman–Crippen LogP) is 6.61. The largest absolute Gasteiger partial charge is 0.506 e. The number of hydrogen-bond acceptors (Lipinski definition) is 10. The maximum atomic E-state index is 14.2. The lowest BCUT2D eigenvalue weighted by Crippen LogP contribution is -2.42. The van der Waals surface area contributed by atoms with Crippen molar-refractivity contribution in [2.75, 3.05) is 39.3 Å². The Labute approximate surface area is 343 Å². The molecule has 12 nitrogen and oxygen atoms in total. The minimum absolute atomic E-state index is 0.116. The van der Waals surface area contributed by atoms with Gasteiger partial charge in [0.25, 0.3) is 0 Å². The number of phenolic OH excluding ortho intramolecular Hbond substituents is 1. The molecule has 1 saturated carbocycles. The van der Waals surface area contributed by atoms with Crippen LogP contribution in [0.4, 0.5) is 18.0 Å². The Morgan fingerprint density at radius 3 is 2.52 bits per heavy atom. The smallest absolute Gasteiger partial charge is 0.417 e. The number of aromatic amines is 1. The number of fused-ring (bicyclic) bond motifs is 2. The maximum absolute atomic E-state index is 14.2. The highest BCUT2D eigenvalue weighted by Gasteiger charge is 2.74. The van der Waals surface area contributed by atoms with Crippen LogP contribution in [0.1, 0.15) is 69.6 Å². The Bertz CT molecular complexity index is 2420. The third-order valence-corrected chi connectivity index (χ3v) is 11.8. The third kappa shape index (κ3) is 8.69. The van der Waals surface area contributed by atoms with E-state index in [1.54, 1.807) is 24.3 Å². The number of ether oxygens (including phenoxy) is 3. The molecular formula is C45H45F3N4O8. The topological polar surface area (TPSA) is 162 Å². The van der Waals surface area contributed by atoms with Crippen molar-refractivity contribution < 1.29 is 47.2 Å². The van der Waals surface area contributed by atoms with E-state index in [1.807, 2.05) is 36.4 Å². The van der Waals surface area contributed by atoms with Gasteiger partial charge in [-0.3, -0.25) is 9.69 Å². The van der Waals surface area contributed by atoms with Gasteiger partial charge in [0, 0.05) is 42.9 Å². The van der Waals surface area contributed by atoms with Crippen molar-refractivity contribution in [3.8, 4) is 11.5 Å². The second kappa shape index (κ2) is 17.0. The summed E-state index contributed by atoms with van der Waals surface area (Å²) >= 11 is 0. The van der Waals surface area contributed by atoms with Crippen molar-refractivity contribution in [3.05, 3.63) is 141 Å². The van der Waals surface area contributed by atoms with E-state index in [2.05, 4.69) is 20.5 Å². The number of amides is 1. The predicted molar refractivity (Wildman–Crippen MR) is 214 cm³/mol. The number of H-pyrrole nitrogens is 1. The summed E-state index contributed by atoms with van der Waals surface area (Å²) in [4.78, 5) is 42.7. The Hall–Kier alpha value is -5.90. The second-order valence-electron chi connectivity index (χ2n) is 15.7. The monoisotopic (exact) mass is 826 g/mol. The van der Waals surface area contributed by atoms with Gasteiger partial charge in [-0.1, -0.05) is 54.6 Å². The van der Waals surface area contributed by atoms with Gasteiger partial charge in [-0.2, -0.15) is 13.2 Å². The van der Waals surface area contributed by atoms with E-state index in [1.165, 1.54) is 24.3 Å². The molecule has 5 N–H and O–H groups in total. The fourth-order valence-corrected chi connectivity index (χ4v) is 8.77. The van der Waals surface area contributed by atoms with E-state index >= 15 is 0 Å². The first-order valence-electron chi connectivity index (χ1n) is 20.0. The average Bonchev–Trinajstić information content (AvgIpc) is 3.73. The Morgan fingerprint density at radius 2 is 1.77 bits per heavy atom. The van der Waals surface area contributed by atoms with Crippen LogP contribution in [0, 0.1) is 11.8 Å². The van der Waals surface area contributed by atoms with Gasteiger partial charge in [0.15, 0.2) is 0 Å². The van der Waals surface area contributed by atoms with Crippen LogP contribution < -0.4 is 20.9 Å². The number of pyridine rings is 1. The SMILES string of the molecule is O=C(N[C@@H](c1ccccc1)c1cccc(OCc2ccc(C(=O)OCCCCNC[C@H](O)c3ccc(O)c4[nH]c(=O)ccc34)c(C(F)(F)F)c2)c1)O[C@]12CN3CCC1C2C3. The molecule has 0 spiro atoms. The number of piperidine rings is 3. The first-order valence-corrected chi connectivity index (χ1v) is 20.0. The fourth-order valence-electron chi connectivity index (χ4n) is 8.77. The summed E-state index contributed by atoms with van der Waals surface area (Å²) in [5, 5.41) is 27.4. The van der Waals surface area contributed by atoms with Gasteiger partial charge in [-0.15, -0.1) is 0 Å². The van der Waals surface area contributed by atoms with Crippen LogP contribution in [0.25, 0.3) is 10.9 Å².